The van der Waals surface area contributed by atoms with E-state index in [4.69, 9.17) is 19.7 Å². The van der Waals surface area contributed by atoms with Crippen molar-refractivity contribution in [3.8, 4) is 11.5 Å². The van der Waals surface area contributed by atoms with Gasteiger partial charge in [-0.25, -0.2) is 9.59 Å². The van der Waals surface area contributed by atoms with E-state index in [1.54, 1.807) is 38.7 Å². The first-order valence-corrected chi connectivity index (χ1v) is 15.9. The van der Waals surface area contributed by atoms with Crippen LogP contribution in [-0.4, -0.2) is 36.4 Å². The SMILES string of the molecule is COc1ccc(Br)cc1CBr.COc1ccc(Br)cc1CCc1sccc1C(=O)O.Cc1sccc1C(=O)O. The van der Waals surface area contributed by atoms with Crippen molar-refractivity contribution in [1.29, 1.82) is 0 Å². The fraction of sp³-hybridized carbons (Fsp3) is 0.214. The van der Waals surface area contributed by atoms with Crippen LogP contribution in [-0.2, 0) is 18.2 Å². The molecule has 2 aromatic carbocycles. The number of aromatic carboxylic acids is 2. The Labute approximate surface area is 261 Å². The third kappa shape index (κ3) is 10.4. The molecule has 2 N–H and O–H groups in total. The fourth-order valence-electron chi connectivity index (χ4n) is 3.37. The molecule has 0 spiro atoms. The van der Waals surface area contributed by atoms with E-state index < -0.39 is 11.9 Å². The first-order valence-electron chi connectivity index (χ1n) is 11.4. The number of methoxy groups -OCH3 is 2. The maximum absolute atomic E-state index is 11.0. The van der Waals surface area contributed by atoms with Gasteiger partial charge in [-0.3, -0.25) is 0 Å². The highest BCUT2D eigenvalue weighted by Crippen LogP contribution is 2.27. The number of ether oxygens (including phenoxy) is 2. The van der Waals surface area contributed by atoms with Crippen molar-refractivity contribution in [1.82, 2.24) is 0 Å². The molecule has 39 heavy (non-hydrogen) atoms. The van der Waals surface area contributed by atoms with E-state index in [1.165, 1.54) is 22.7 Å². The lowest BCUT2D eigenvalue weighted by molar-refractivity contribution is 0.0685. The summed E-state index contributed by atoms with van der Waals surface area (Å²) >= 11 is 13.1. The van der Waals surface area contributed by atoms with Crippen molar-refractivity contribution >= 4 is 82.4 Å². The van der Waals surface area contributed by atoms with Crippen LogP contribution >= 0.6 is 70.5 Å². The minimum absolute atomic E-state index is 0.402. The van der Waals surface area contributed by atoms with Crippen LogP contribution < -0.4 is 9.47 Å². The van der Waals surface area contributed by atoms with Gasteiger partial charge in [-0.05, 0) is 84.6 Å². The summed E-state index contributed by atoms with van der Waals surface area (Å²) in [5.74, 6) is 0.0490. The van der Waals surface area contributed by atoms with Crippen molar-refractivity contribution in [2.24, 2.45) is 0 Å². The molecule has 0 aliphatic heterocycles. The maximum atomic E-state index is 11.0. The minimum atomic E-state index is -0.863. The molecule has 0 saturated carbocycles. The molecule has 0 unspecified atom stereocenters. The van der Waals surface area contributed by atoms with Crippen LogP contribution in [0.3, 0.4) is 0 Å². The third-order valence-electron chi connectivity index (χ3n) is 5.32. The number of thiophene rings is 2. The van der Waals surface area contributed by atoms with Gasteiger partial charge in [-0.15, -0.1) is 22.7 Å². The lowest BCUT2D eigenvalue weighted by Gasteiger charge is -2.08. The monoisotopic (exact) mass is 760 g/mol. The summed E-state index contributed by atoms with van der Waals surface area (Å²) in [5.41, 5.74) is 3.04. The Morgan fingerprint density at radius 2 is 1.28 bits per heavy atom. The van der Waals surface area contributed by atoms with Crippen molar-refractivity contribution < 1.29 is 29.3 Å². The summed E-state index contributed by atoms with van der Waals surface area (Å²) in [6.45, 7) is 1.80. The number of hydrogen-bond donors (Lipinski definition) is 2. The molecule has 2 heterocycles. The predicted octanol–water partition coefficient (Wildman–Crippen LogP) is 9.11. The first-order chi connectivity index (χ1) is 18.6. The number of aryl methyl sites for hydroxylation is 3. The van der Waals surface area contributed by atoms with Crippen LogP contribution in [0.2, 0.25) is 0 Å². The van der Waals surface area contributed by atoms with Crippen LogP contribution in [0.4, 0.5) is 0 Å². The Morgan fingerprint density at radius 3 is 1.74 bits per heavy atom. The number of carbonyl (C=O) groups is 2. The van der Waals surface area contributed by atoms with E-state index >= 15 is 0 Å². The molecule has 0 amide bonds. The molecule has 0 aliphatic carbocycles. The number of hydrogen-bond acceptors (Lipinski definition) is 6. The number of rotatable bonds is 8. The van der Waals surface area contributed by atoms with E-state index in [0.29, 0.717) is 17.5 Å². The fourth-order valence-corrected chi connectivity index (χ4v) is 6.19. The smallest absolute Gasteiger partial charge is 0.336 e. The van der Waals surface area contributed by atoms with Crippen LogP contribution in [0.5, 0.6) is 11.5 Å². The van der Waals surface area contributed by atoms with Gasteiger partial charge in [0.05, 0.1) is 25.3 Å². The summed E-state index contributed by atoms with van der Waals surface area (Å²) in [7, 11) is 3.32. The maximum Gasteiger partial charge on any atom is 0.336 e. The number of halogens is 3. The van der Waals surface area contributed by atoms with Crippen LogP contribution in [0.25, 0.3) is 0 Å². The summed E-state index contributed by atoms with van der Waals surface area (Å²) in [4.78, 5) is 23.1. The first kappa shape index (κ1) is 33.0. The average Bonchev–Trinajstić information content (AvgIpc) is 3.57. The van der Waals surface area contributed by atoms with E-state index in [9.17, 15) is 9.59 Å². The molecule has 4 aromatic rings. The summed E-state index contributed by atoms with van der Waals surface area (Å²) in [6.07, 6.45) is 1.45. The molecule has 208 valence electrons. The van der Waals surface area contributed by atoms with Crippen molar-refractivity contribution in [3.63, 3.8) is 0 Å². The van der Waals surface area contributed by atoms with E-state index in [2.05, 4.69) is 47.8 Å². The largest absolute Gasteiger partial charge is 0.496 e. The van der Waals surface area contributed by atoms with Crippen molar-refractivity contribution in [3.05, 3.63) is 100 Å². The zero-order valence-electron chi connectivity index (χ0n) is 21.4. The van der Waals surface area contributed by atoms with E-state index in [0.717, 1.165) is 53.1 Å². The Balaban J connectivity index is 0.000000226. The Hall–Kier alpha value is -2.18. The molecular weight excluding hydrogens is 736 g/mol. The second-order valence-corrected chi connectivity index (χ2v) is 12.3. The van der Waals surface area contributed by atoms with Crippen molar-refractivity contribution in [2.75, 3.05) is 14.2 Å². The van der Waals surface area contributed by atoms with Gasteiger partial charge in [0.25, 0.3) is 0 Å². The minimum Gasteiger partial charge on any atom is -0.496 e. The quantitative estimate of drug-likeness (QED) is 0.174. The second kappa shape index (κ2) is 16.8. The molecule has 0 aliphatic rings. The topological polar surface area (TPSA) is 93.1 Å². The zero-order valence-corrected chi connectivity index (χ0v) is 27.8. The summed E-state index contributed by atoms with van der Waals surface area (Å²) < 4.78 is 12.5. The zero-order chi connectivity index (χ0) is 28.9. The standard InChI is InChI=1S/C14H13BrO3S.C8H8Br2O.C6H6O2S/c1-18-12-4-3-10(15)8-9(12)2-5-13-11(14(16)17)6-7-19-13;1-11-8-3-2-7(10)4-6(8)5-9;1-4-5(6(7)8)2-3-9-4/h3-4,6-8H,2,5H2,1H3,(H,16,17);2-4H,5H2,1H3;2-3H,1H3,(H,7,8). The third-order valence-corrected chi connectivity index (χ3v) is 8.73. The van der Waals surface area contributed by atoms with Gasteiger partial charge < -0.3 is 19.7 Å². The van der Waals surface area contributed by atoms with Gasteiger partial charge in [0.15, 0.2) is 0 Å². The van der Waals surface area contributed by atoms with Crippen LogP contribution in [0.1, 0.15) is 41.6 Å². The van der Waals surface area contributed by atoms with E-state index in [1.807, 2.05) is 41.8 Å². The Bertz CT molecular complexity index is 1380. The molecule has 0 atom stereocenters. The highest BCUT2D eigenvalue weighted by atomic mass is 79.9. The summed E-state index contributed by atoms with van der Waals surface area (Å²) in [5, 5.41) is 21.9. The molecule has 0 radical (unpaired) electrons. The highest BCUT2D eigenvalue weighted by molar-refractivity contribution is 9.10. The molecule has 4 rings (SSSR count). The molecule has 0 fully saturated rings. The number of benzene rings is 2. The lowest BCUT2D eigenvalue weighted by atomic mass is 10.1. The normalized spacial score (nSPS) is 10.0. The van der Waals surface area contributed by atoms with E-state index in [-0.39, 0.29) is 0 Å². The number of carboxylic acid groups (broad SMARTS) is 2. The molecule has 0 saturated heterocycles. The van der Waals surface area contributed by atoms with Crippen LogP contribution in [0.15, 0.2) is 68.2 Å². The van der Waals surface area contributed by atoms with Gasteiger partial charge in [0.1, 0.15) is 11.5 Å². The van der Waals surface area contributed by atoms with Crippen LogP contribution in [0, 0.1) is 6.92 Å². The Kier molecular flexibility index (Phi) is 14.2. The molecular formula is C28H27Br3O6S2. The number of carboxylic acids is 2. The highest BCUT2D eigenvalue weighted by Gasteiger charge is 2.12. The van der Waals surface area contributed by atoms with Gasteiger partial charge in [-0.2, -0.15) is 0 Å². The predicted molar refractivity (Wildman–Crippen MR) is 169 cm³/mol. The molecule has 2 aromatic heterocycles. The number of alkyl halides is 1. The van der Waals surface area contributed by atoms with Gasteiger partial charge in [0, 0.05) is 29.6 Å². The molecule has 0 bridgehead atoms. The van der Waals surface area contributed by atoms with Gasteiger partial charge in [-0.1, -0.05) is 47.8 Å². The van der Waals surface area contributed by atoms with Gasteiger partial charge in [0.2, 0.25) is 0 Å². The van der Waals surface area contributed by atoms with Crippen molar-refractivity contribution in [2.45, 2.75) is 25.1 Å². The lowest BCUT2D eigenvalue weighted by Crippen LogP contribution is -2.00. The molecule has 11 heteroatoms. The summed E-state index contributed by atoms with van der Waals surface area (Å²) in [6, 6.07) is 15.1. The van der Waals surface area contributed by atoms with Gasteiger partial charge >= 0.3 is 11.9 Å². The Morgan fingerprint density at radius 1 is 0.769 bits per heavy atom. The average molecular weight is 763 g/mol. The molecule has 6 nitrogen and oxygen atoms in total. The second-order valence-electron chi connectivity index (χ2n) is 7.80.